The number of nitrogens with two attached hydrogens (primary N) is 1. The molecule has 0 bridgehead atoms. The van der Waals surface area contributed by atoms with Crippen LogP contribution in [0, 0.1) is 12.8 Å². The van der Waals surface area contributed by atoms with Crippen LogP contribution in [-0.2, 0) is 11.3 Å². The van der Waals surface area contributed by atoms with Crippen molar-refractivity contribution in [3.05, 3.63) is 16.1 Å². The van der Waals surface area contributed by atoms with E-state index in [1.165, 1.54) is 0 Å². The lowest BCUT2D eigenvalue weighted by Gasteiger charge is -2.33. The Kier molecular flexibility index (Phi) is 5.67. The largest absolute Gasteiger partial charge is 0.353 e. The van der Waals surface area contributed by atoms with Crippen LogP contribution in [0.1, 0.15) is 49.2 Å². The summed E-state index contributed by atoms with van der Waals surface area (Å²) < 4.78 is 0. The molecule has 0 unspecified atom stereocenters. The van der Waals surface area contributed by atoms with E-state index in [2.05, 4.69) is 20.6 Å². The van der Waals surface area contributed by atoms with Crippen LogP contribution in [-0.4, -0.2) is 41.0 Å². The first-order chi connectivity index (χ1) is 11.1. The predicted molar refractivity (Wildman–Crippen MR) is 93.2 cm³/mol. The molecule has 1 aromatic heterocycles. The number of thiazole rings is 1. The van der Waals surface area contributed by atoms with E-state index in [-0.39, 0.29) is 11.8 Å². The molecule has 0 atom stereocenters. The lowest BCUT2D eigenvalue weighted by atomic mass is 9.90. The summed E-state index contributed by atoms with van der Waals surface area (Å²) in [6.07, 6.45) is 6.07. The van der Waals surface area contributed by atoms with E-state index in [9.17, 15) is 4.79 Å². The third kappa shape index (κ3) is 4.75. The average Bonchev–Trinajstić information content (AvgIpc) is 2.95. The molecule has 1 saturated heterocycles. The Morgan fingerprint density at radius 2 is 2.00 bits per heavy atom. The summed E-state index contributed by atoms with van der Waals surface area (Å²) in [6, 6.07) is 0.680. The molecule has 3 rings (SSSR count). The van der Waals surface area contributed by atoms with E-state index in [0.717, 1.165) is 68.9 Å². The first-order valence-corrected chi connectivity index (χ1v) is 9.67. The minimum absolute atomic E-state index is 0.180. The van der Waals surface area contributed by atoms with Gasteiger partial charge in [0.25, 0.3) is 0 Å². The van der Waals surface area contributed by atoms with Crippen molar-refractivity contribution >= 4 is 17.2 Å². The number of amides is 1. The number of hydrogen-bond acceptors (Lipinski definition) is 5. The zero-order valence-electron chi connectivity index (χ0n) is 14.0. The average molecular weight is 337 g/mol. The number of likely N-dealkylation sites (tertiary alicyclic amines) is 1. The van der Waals surface area contributed by atoms with E-state index < -0.39 is 0 Å². The molecule has 1 aliphatic heterocycles. The SMILES string of the molecule is Cc1nc(CN2CCC(C(=O)NC3CCC(N)CC3)CC2)cs1. The van der Waals surface area contributed by atoms with Crippen molar-refractivity contribution < 1.29 is 4.79 Å². The van der Waals surface area contributed by atoms with E-state index in [1.807, 2.05) is 6.92 Å². The number of carbonyl (C=O) groups is 1. The lowest BCUT2D eigenvalue weighted by Crippen LogP contribution is -2.45. The molecule has 0 spiro atoms. The summed E-state index contributed by atoms with van der Waals surface area (Å²) in [5, 5.41) is 6.52. The molecule has 6 heteroatoms. The molecular weight excluding hydrogens is 308 g/mol. The zero-order chi connectivity index (χ0) is 16.2. The maximum atomic E-state index is 12.4. The van der Waals surface area contributed by atoms with Crippen molar-refractivity contribution in [3.63, 3.8) is 0 Å². The van der Waals surface area contributed by atoms with Gasteiger partial charge in [0.2, 0.25) is 5.91 Å². The zero-order valence-corrected chi connectivity index (χ0v) is 14.8. The molecule has 5 nitrogen and oxygen atoms in total. The Labute approximate surface area is 142 Å². The molecule has 2 fully saturated rings. The fourth-order valence-electron chi connectivity index (χ4n) is 3.65. The van der Waals surface area contributed by atoms with E-state index in [0.29, 0.717) is 12.1 Å². The lowest BCUT2D eigenvalue weighted by molar-refractivity contribution is -0.127. The number of hydrogen-bond donors (Lipinski definition) is 2. The van der Waals surface area contributed by atoms with Gasteiger partial charge in [-0.05, 0) is 58.5 Å². The third-order valence-corrected chi connectivity index (χ3v) is 5.95. The molecular formula is C17H28N4OS. The highest BCUT2D eigenvalue weighted by atomic mass is 32.1. The normalized spacial score (nSPS) is 27.0. The summed E-state index contributed by atoms with van der Waals surface area (Å²) in [6.45, 7) is 4.94. The Morgan fingerprint density at radius 3 is 2.61 bits per heavy atom. The summed E-state index contributed by atoms with van der Waals surface area (Å²) in [5.74, 6) is 0.439. The molecule has 3 N–H and O–H groups in total. The number of aryl methyl sites for hydroxylation is 1. The topological polar surface area (TPSA) is 71.2 Å². The number of nitrogens with one attached hydrogen (secondary N) is 1. The summed E-state index contributed by atoms with van der Waals surface area (Å²) in [7, 11) is 0. The van der Waals surface area contributed by atoms with Crippen molar-refractivity contribution in [1.82, 2.24) is 15.2 Å². The van der Waals surface area contributed by atoms with Gasteiger partial charge in [-0.25, -0.2) is 4.98 Å². The molecule has 0 radical (unpaired) electrons. The van der Waals surface area contributed by atoms with Crippen molar-refractivity contribution in [1.29, 1.82) is 0 Å². The number of aromatic nitrogens is 1. The van der Waals surface area contributed by atoms with Gasteiger partial charge >= 0.3 is 0 Å². The highest BCUT2D eigenvalue weighted by molar-refractivity contribution is 7.09. The van der Waals surface area contributed by atoms with Crippen LogP contribution in [0.2, 0.25) is 0 Å². The molecule has 1 amide bonds. The Hall–Kier alpha value is -0.980. The Balaban J connectivity index is 1.40. The second-order valence-electron chi connectivity index (χ2n) is 7.03. The summed E-state index contributed by atoms with van der Waals surface area (Å²) >= 11 is 1.71. The summed E-state index contributed by atoms with van der Waals surface area (Å²) in [4.78, 5) is 19.4. The van der Waals surface area contributed by atoms with Gasteiger partial charge in [0.05, 0.1) is 10.7 Å². The first kappa shape index (κ1) is 16.9. The Bertz CT molecular complexity index is 516. The smallest absolute Gasteiger partial charge is 0.223 e. The highest BCUT2D eigenvalue weighted by Gasteiger charge is 2.28. The molecule has 1 aromatic rings. The van der Waals surface area contributed by atoms with Crippen LogP contribution >= 0.6 is 11.3 Å². The molecule has 1 saturated carbocycles. The van der Waals surface area contributed by atoms with Gasteiger partial charge in [0, 0.05) is 29.9 Å². The van der Waals surface area contributed by atoms with Crippen LogP contribution < -0.4 is 11.1 Å². The molecule has 2 heterocycles. The third-order valence-electron chi connectivity index (χ3n) is 5.13. The summed E-state index contributed by atoms with van der Waals surface area (Å²) in [5.41, 5.74) is 7.09. The molecule has 1 aliphatic carbocycles. The van der Waals surface area contributed by atoms with Crippen molar-refractivity contribution in [2.24, 2.45) is 11.7 Å². The minimum Gasteiger partial charge on any atom is -0.353 e. The van der Waals surface area contributed by atoms with E-state index in [4.69, 9.17) is 5.73 Å². The van der Waals surface area contributed by atoms with Crippen LogP contribution in [0.5, 0.6) is 0 Å². The van der Waals surface area contributed by atoms with Crippen LogP contribution in [0.15, 0.2) is 5.38 Å². The number of nitrogens with zero attached hydrogens (tertiary/aromatic N) is 2. The molecule has 128 valence electrons. The van der Waals surface area contributed by atoms with Gasteiger partial charge in [-0.1, -0.05) is 0 Å². The molecule has 0 aromatic carbocycles. The second kappa shape index (κ2) is 7.73. The van der Waals surface area contributed by atoms with Gasteiger partial charge in [-0.15, -0.1) is 11.3 Å². The standard InChI is InChI=1S/C17H28N4OS/c1-12-19-16(11-23-12)10-21-8-6-13(7-9-21)17(22)20-15-4-2-14(18)3-5-15/h11,13-15H,2-10,18H2,1H3,(H,20,22). The predicted octanol–water partition coefficient (Wildman–Crippen LogP) is 2.05. The number of carbonyl (C=O) groups excluding carboxylic acids is 1. The fourth-order valence-corrected chi connectivity index (χ4v) is 4.25. The second-order valence-corrected chi connectivity index (χ2v) is 8.09. The van der Waals surface area contributed by atoms with E-state index >= 15 is 0 Å². The van der Waals surface area contributed by atoms with Crippen LogP contribution in [0.25, 0.3) is 0 Å². The maximum absolute atomic E-state index is 12.4. The van der Waals surface area contributed by atoms with Crippen molar-refractivity contribution in [2.75, 3.05) is 13.1 Å². The molecule has 23 heavy (non-hydrogen) atoms. The fraction of sp³-hybridized carbons (Fsp3) is 0.765. The molecule has 2 aliphatic rings. The number of piperidine rings is 1. The number of rotatable bonds is 4. The first-order valence-electron chi connectivity index (χ1n) is 8.79. The van der Waals surface area contributed by atoms with Gasteiger partial charge in [0.15, 0.2) is 0 Å². The monoisotopic (exact) mass is 336 g/mol. The van der Waals surface area contributed by atoms with Gasteiger partial charge in [-0.2, -0.15) is 0 Å². The van der Waals surface area contributed by atoms with Crippen LogP contribution in [0.3, 0.4) is 0 Å². The van der Waals surface area contributed by atoms with Crippen LogP contribution in [0.4, 0.5) is 0 Å². The maximum Gasteiger partial charge on any atom is 0.223 e. The van der Waals surface area contributed by atoms with Gasteiger partial charge < -0.3 is 11.1 Å². The minimum atomic E-state index is 0.180. The quantitative estimate of drug-likeness (QED) is 0.883. The van der Waals surface area contributed by atoms with Crippen molar-refractivity contribution in [3.8, 4) is 0 Å². The van der Waals surface area contributed by atoms with Gasteiger partial charge in [0.1, 0.15) is 0 Å². The van der Waals surface area contributed by atoms with Crippen molar-refractivity contribution in [2.45, 2.75) is 64.1 Å². The highest BCUT2D eigenvalue weighted by Crippen LogP contribution is 2.22. The van der Waals surface area contributed by atoms with E-state index in [1.54, 1.807) is 11.3 Å². The Morgan fingerprint density at radius 1 is 1.30 bits per heavy atom. The van der Waals surface area contributed by atoms with Gasteiger partial charge in [-0.3, -0.25) is 9.69 Å².